The maximum absolute atomic E-state index is 11.9. The SMILES string of the molecule is CNCC(=O)NCCNS(=O)(=O)c1ccc(C)cc1. The van der Waals surface area contributed by atoms with Crippen LogP contribution < -0.4 is 15.4 Å². The Bertz CT molecular complexity index is 512. The second-order valence-corrected chi connectivity index (χ2v) is 5.86. The standard InChI is InChI=1S/C12H19N3O3S/c1-10-3-5-11(6-4-10)19(17,18)15-8-7-14-12(16)9-13-2/h3-6,13,15H,7-9H2,1-2H3,(H,14,16). The van der Waals surface area contributed by atoms with E-state index in [1.165, 1.54) is 0 Å². The van der Waals surface area contributed by atoms with E-state index >= 15 is 0 Å². The third-order valence-electron chi connectivity index (χ3n) is 2.41. The van der Waals surface area contributed by atoms with Crippen LogP contribution >= 0.6 is 0 Å². The Kier molecular flexibility index (Phi) is 5.94. The van der Waals surface area contributed by atoms with E-state index in [0.717, 1.165) is 5.56 Å². The van der Waals surface area contributed by atoms with E-state index < -0.39 is 10.0 Å². The van der Waals surface area contributed by atoms with Crippen molar-refractivity contribution >= 4 is 15.9 Å². The number of benzene rings is 1. The molecule has 7 heteroatoms. The van der Waals surface area contributed by atoms with Crippen LogP contribution in [0.1, 0.15) is 5.56 Å². The number of sulfonamides is 1. The van der Waals surface area contributed by atoms with Gasteiger partial charge in [0.25, 0.3) is 0 Å². The molecule has 0 aromatic heterocycles. The summed E-state index contributed by atoms with van der Waals surface area (Å²) in [6.07, 6.45) is 0. The van der Waals surface area contributed by atoms with Gasteiger partial charge in [0.15, 0.2) is 0 Å². The molecule has 0 saturated carbocycles. The summed E-state index contributed by atoms with van der Waals surface area (Å²) in [6.45, 7) is 2.52. The van der Waals surface area contributed by atoms with Gasteiger partial charge in [0.05, 0.1) is 11.4 Å². The number of carbonyl (C=O) groups is 1. The average molecular weight is 285 g/mol. The molecule has 1 rings (SSSR count). The van der Waals surface area contributed by atoms with Crippen molar-refractivity contribution in [2.75, 3.05) is 26.7 Å². The fourth-order valence-corrected chi connectivity index (χ4v) is 2.44. The van der Waals surface area contributed by atoms with Gasteiger partial charge in [-0.1, -0.05) is 17.7 Å². The van der Waals surface area contributed by atoms with Gasteiger partial charge in [-0.05, 0) is 26.1 Å². The Balaban J connectivity index is 2.43. The maximum Gasteiger partial charge on any atom is 0.240 e. The smallest absolute Gasteiger partial charge is 0.240 e. The van der Waals surface area contributed by atoms with Gasteiger partial charge in [-0.15, -0.1) is 0 Å². The number of hydrogen-bond donors (Lipinski definition) is 3. The number of nitrogens with one attached hydrogen (secondary N) is 3. The first kappa shape index (κ1) is 15.6. The summed E-state index contributed by atoms with van der Waals surface area (Å²) >= 11 is 0. The minimum Gasteiger partial charge on any atom is -0.354 e. The van der Waals surface area contributed by atoms with Crippen molar-refractivity contribution in [3.05, 3.63) is 29.8 Å². The van der Waals surface area contributed by atoms with Crippen LogP contribution in [-0.4, -0.2) is 41.0 Å². The molecule has 0 unspecified atom stereocenters. The second-order valence-electron chi connectivity index (χ2n) is 4.09. The van der Waals surface area contributed by atoms with Gasteiger partial charge in [-0.3, -0.25) is 4.79 Å². The second kappa shape index (κ2) is 7.22. The highest BCUT2D eigenvalue weighted by Gasteiger charge is 2.12. The van der Waals surface area contributed by atoms with E-state index in [4.69, 9.17) is 0 Å². The third-order valence-corrected chi connectivity index (χ3v) is 3.88. The molecule has 0 aliphatic rings. The molecule has 1 amide bonds. The largest absolute Gasteiger partial charge is 0.354 e. The normalized spacial score (nSPS) is 11.3. The van der Waals surface area contributed by atoms with Gasteiger partial charge < -0.3 is 10.6 Å². The van der Waals surface area contributed by atoms with Crippen LogP contribution in [0.15, 0.2) is 29.2 Å². The summed E-state index contributed by atoms with van der Waals surface area (Å²) in [6, 6.07) is 6.58. The summed E-state index contributed by atoms with van der Waals surface area (Å²) < 4.78 is 26.2. The van der Waals surface area contributed by atoms with Crippen molar-refractivity contribution in [3.8, 4) is 0 Å². The van der Waals surface area contributed by atoms with E-state index in [1.54, 1.807) is 31.3 Å². The van der Waals surface area contributed by atoms with Crippen LogP contribution in [-0.2, 0) is 14.8 Å². The zero-order valence-electron chi connectivity index (χ0n) is 11.1. The van der Waals surface area contributed by atoms with Crippen LogP contribution in [0.25, 0.3) is 0 Å². The molecule has 0 saturated heterocycles. The van der Waals surface area contributed by atoms with Crippen molar-refractivity contribution < 1.29 is 13.2 Å². The minimum atomic E-state index is -3.50. The number of aryl methyl sites for hydroxylation is 1. The van der Waals surface area contributed by atoms with E-state index in [-0.39, 0.29) is 30.4 Å². The van der Waals surface area contributed by atoms with Gasteiger partial charge in [-0.2, -0.15) is 0 Å². The lowest BCUT2D eigenvalue weighted by Crippen LogP contribution is -2.38. The molecular weight excluding hydrogens is 266 g/mol. The van der Waals surface area contributed by atoms with Crippen LogP contribution in [0.2, 0.25) is 0 Å². The predicted octanol–water partition coefficient (Wildman–Crippen LogP) is -0.391. The number of hydrogen-bond acceptors (Lipinski definition) is 4. The molecule has 3 N–H and O–H groups in total. The van der Waals surface area contributed by atoms with E-state index in [9.17, 15) is 13.2 Å². The fraction of sp³-hybridized carbons (Fsp3) is 0.417. The molecule has 0 aliphatic carbocycles. The number of amides is 1. The number of likely N-dealkylation sites (N-methyl/N-ethyl adjacent to an activating group) is 1. The van der Waals surface area contributed by atoms with Crippen LogP contribution in [0, 0.1) is 6.92 Å². The summed E-state index contributed by atoms with van der Waals surface area (Å²) in [4.78, 5) is 11.3. The molecular formula is C12H19N3O3S. The predicted molar refractivity (Wildman–Crippen MR) is 73.3 cm³/mol. The Labute approximate surface area is 113 Å². The molecule has 1 aromatic rings. The molecule has 19 heavy (non-hydrogen) atoms. The van der Waals surface area contributed by atoms with Gasteiger partial charge in [-0.25, -0.2) is 13.1 Å². The topological polar surface area (TPSA) is 87.3 Å². The summed E-state index contributed by atoms with van der Waals surface area (Å²) in [5.41, 5.74) is 0.998. The van der Waals surface area contributed by atoms with Crippen LogP contribution in [0.5, 0.6) is 0 Å². The molecule has 0 fully saturated rings. The van der Waals surface area contributed by atoms with Crippen molar-refractivity contribution in [2.45, 2.75) is 11.8 Å². The summed E-state index contributed by atoms with van der Waals surface area (Å²) in [5, 5.41) is 5.29. The van der Waals surface area contributed by atoms with E-state index in [0.29, 0.717) is 0 Å². The average Bonchev–Trinajstić information content (AvgIpc) is 2.36. The molecule has 1 aromatic carbocycles. The molecule has 0 heterocycles. The first-order valence-corrected chi connectivity index (χ1v) is 7.41. The van der Waals surface area contributed by atoms with Gasteiger partial charge in [0.1, 0.15) is 0 Å². The van der Waals surface area contributed by atoms with Gasteiger partial charge in [0.2, 0.25) is 15.9 Å². The lowest BCUT2D eigenvalue weighted by Gasteiger charge is -2.08. The maximum atomic E-state index is 11.9. The van der Waals surface area contributed by atoms with E-state index in [2.05, 4.69) is 15.4 Å². The Morgan fingerprint density at radius 1 is 1.16 bits per heavy atom. The van der Waals surface area contributed by atoms with Gasteiger partial charge in [0, 0.05) is 13.1 Å². The van der Waals surface area contributed by atoms with Crippen LogP contribution in [0.4, 0.5) is 0 Å². The van der Waals surface area contributed by atoms with Crippen molar-refractivity contribution in [3.63, 3.8) is 0 Å². The zero-order valence-corrected chi connectivity index (χ0v) is 11.9. The summed E-state index contributed by atoms with van der Waals surface area (Å²) in [7, 11) is -1.84. The Morgan fingerprint density at radius 2 is 1.79 bits per heavy atom. The molecule has 0 atom stereocenters. The molecule has 0 spiro atoms. The molecule has 106 valence electrons. The number of carbonyl (C=O) groups excluding carboxylic acids is 1. The van der Waals surface area contributed by atoms with Crippen molar-refractivity contribution in [1.29, 1.82) is 0 Å². The van der Waals surface area contributed by atoms with Crippen molar-refractivity contribution in [2.24, 2.45) is 0 Å². The Morgan fingerprint density at radius 3 is 2.37 bits per heavy atom. The first-order valence-electron chi connectivity index (χ1n) is 5.93. The highest BCUT2D eigenvalue weighted by atomic mass is 32.2. The zero-order chi connectivity index (χ0) is 14.3. The van der Waals surface area contributed by atoms with Gasteiger partial charge >= 0.3 is 0 Å². The number of rotatable bonds is 7. The molecule has 0 aliphatic heterocycles. The monoisotopic (exact) mass is 285 g/mol. The lowest BCUT2D eigenvalue weighted by atomic mass is 10.2. The van der Waals surface area contributed by atoms with Crippen LogP contribution in [0.3, 0.4) is 0 Å². The lowest BCUT2D eigenvalue weighted by molar-refractivity contribution is -0.120. The quantitative estimate of drug-likeness (QED) is 0.595. The first-order chi connectivity index (χ1) is 8.95. The highest BCUT2D eigenvalue weighted by molar-refractivity contribution is 7.89. The molecule has 0 radical (unpaired) electrons. The summed E-state index contributed by atoms with van der Waals surface area (Å²) in [5.74, 6) is -0.169. The molecule has 6 nitrogen and oxygen atoms in total. The Hall–Kier alpha value is -1.44. The molecule has 0 bridgehead atoms. The van der Waals surface area contributed by atoms with E-state index in [1.807, 2.05) is 6.92 Å². The highest BCUT2D eigenvalue weighted by Crippen LogP contribution is 2.09. The fourth-order valence-electron chi connectivity index (χ4n) is 1.41. The third kappa shape index (κ3) is 5.37. The van der Waals surface area contributed by atoms with Crippen molar-refractivity contribution in [1.82, 2.24) is 15.4 Å². The minimum absolute atomic E-state index is 0.158.